The van der Waals surface area contributed by atoms with Crippen LogP contribution in [0.2, 0.25) is 5.02 Å². The van der Waals surface area contributed by atoms with Crippen molar-refractivity contribution in [2.45, 2.75) is 13.5 Å². The minimum atomic E-state index is -0.394. The van der Waals surface area contributed by atoms with Crippen molar-refractivity contribution in [3.05, 3.63) is 39.6 Å². The van der Waals surface area contributed by atoms with Crippen LogP contribution in [0, 0.1) is 3.95 Å². The fourth-order valence-corrected chi connectivity index (χ4v) is 3.60. The number of nitrogens with one attached hydrogen (secondary N) is 2. The molecule has 1 aromatic carbocycles. The Balaban J connectivity index is 1.85. The Morgan fingerprint density at radius 3 is 2.74 bits per heavy atom. The summed E-state index contributed by atoms with van der Waals surface area (Å²) < 4.78 is 3.36. The molecule has 0 fully saturated rings. The number of urea groups is 1. The zero-order valence-electron chi connectivity index (χ0n) is 12.0. The molecule has 0 aliphatic rings. The number of hydrogen-bond acceptors (Lipinski definition) is 5. The molecule has 9 heteroatoms. The molecule has 3 rings (SSSR count). The standard InChI is InChI=1S/C14H12ClN5OS2/c1-2-20-12-10(23-14(20)22)11(16-7-17-12)19-13(21)18-9-5-3-8(15)4-6-9/h3-7H,2H2,1H3,(H2,16,17,18,19,21). The summed E-state index contributed by atoms with van der Waals surface area (Å²) in [5, 5.41) is 6.06. The third-order valence-electron chi connectivity index (χ3n) is 3.10. The molecule has 0 radical (unpaired) electrons. The molecule has 0 aliphatic carbocycles. The summed E-state index contributed by atoms with van der Waals surface area (Å²) in [6.45, 7) is 2.71. The van der Waals surface area contributed by atoms with Gasteiger partial charge in [0.25, 0.3) is 0 Å². The van der Waals surface area contributed by atoms with E-state index in [4.69, 9.17) is 23.8 Å². The van der Waals surface area contributed by atoms with E-state index >= 15 is 0 Å². The van der Waals surface area contributed by atoms with Gasteiger partial charge in [0.05, 0.1) is 0 Å². The van der Waals surface area contributed by atoms with Crippen LogP contribution in [0.3, 0.4) is 0 Å². The van der Waals surface area contributed by atoms with Crippen molar-refractivity contribution in [2.24, 2.45) is 0 Å². The molecule has 2 N–H and O–H groups in total. The van der Waals surface area contributed by atoms with E-state index in [0.29, 0.717) is 27.0 Å². The number of halogens is 1. The van der Waals surface area contributed by atoms with Gasteiger partial charge in [-0.3, -0.25) is 5.32 Å². The third-order valence-corrected chi connectivity index (χ3v) is 4.80. The number of fused-ring (bicyclic) bond motifs is 1. The van der Waals surface area contributed by atoms with Crippen molar-refractivity contribution in [3.8, 4) is 0 Å². The average Bonchev–Trinajstić information content (AvgIpc) is 2.86. The van der Waals surface area contributed by atoms with E-state index in [9.17, 15) is 4.79 Å². The number of carbonyl (C=O) groups excluding carboxylic acids is 1. The van der Waals surface area contributed by atoms with Crippen molar-refractivity contribution in [1.82, 2.24) is 14.5 Å². The third kappa shape index (κ3) is 3.34. The van der Waals surface area contributed by atoms with Crippen LogP contribution in [0.25, 0.3) is 10.3 Å². The molecule has 6 nitrogen and oxygen atoms in total. The van der Waals surface area contributed by atoms with Gasteiger partial charge in [0.1, 0.15) is 11.0 Å². The second kappa shape index (κ2) is 6.61. The summed E-state index contributed by atoms with van der Waals surface area (Å²) in [6, 6.07) is 6.44. The molecule has 2 amide bonds. The van der Waals surface area contributed by atoms with E-state index in [2.05, 4.69) is 20.6 Å². The molecule has 0 spiro atoms. The molecule has 23 heavy (non-hydrogen) atoms. The van der Waals surface area contributed by atoms with E-state index in [-0.39, 0.29) is 0 Å². The zero-order chi connectivity index (χ0) is 16.4. The van der Waals surface area contributed by atoms with Crippen molar-refractivity contribution in [3.63, 3.8) is 0 Å². The maximum absolute atomic E-state index is 12.1. The molecule has 0 saturated heterocycles. The van der Waals surface area contributed by atoms with Crippen LogP contribution < -0.4 is 10.6 Å². The second-order valence-electron chi connectivity index (χ2n) is 4.57. The van der Waals surface area contributed by atoms with Crippen molar-refractivity contribution in [1.29, 1.82) is 0 Å². The first-order chi connectivity index (χ1) is 11.1. The Morgan fingerprint density at radius 1 is 1.30 bits per heavy atom. The summed E-state index contributed by atoms with van der Waals surface area (Å²) in [4.78, 5) is 20.5. The Hall–Kier alpha value is -2.03. The smallest absolute Gasteiger partial charge is 0.308 e. The lowest BCUT2D eigenvalue weighted by atomic mass is 10.3. The Kier molecular flexibility index (Phi) is 4.56. The van der Waals surface area contributed by atoms with Crippen molar-refractivity contribution in [2.75, 3.05) is 10.6 Å². The molecule has 2 aromatic heterocycles. The summed E-state index contributed by atoms with van der Waals surface area (Å²) >= 11 is 12.5. The summed E-state index contributed by atoms with van der Waals surface area (Å²) in [5.41, 5.74) is 1.36. The Morgan fingerprint density at radius 2 is 2.04 bits per heavy atom. The molecule has 2 heterocycles. The lowest BCUT2D eigenvalue weighted by molar-refractivity contribution is 0.262. The van der Waals surface area contributed by atoms with Crippen LogP contribution in [0.4, 0.5) is 16.3 Å². The molecule has 0 atom stereocenters. The van der Waals surface area contributed by atoms with E-state index in [1.54, 1.807) is 24.3 Å². The summed E-state index contributed by atoms with van der Waals surface area (Å²) in [5.74, 6) is 0.435. The van der Waals surface area contributed by atoms with Gasteiger partial charge < -0.3 is 9.88 Å². The first kappa shape index (κ1) is 15.9. The van der Waals surface area contributed by atoms with Gasteiger partial charge in [-0.25, -0.2) is 14.8 Å². The van der Waals surface area contributed by atoms with Crippen LogP contribution in [-0.2, 0) is 6.54 Å². The summed E-state index contributed by atoms with van der Waals surface area (Å²) in [6.07, 6.45) is 1.41. The first-order valence-electron chi connectivity index (χ1n) is 6.76. The lowest BCUT2D eigenvalue weighted by Gasteiger charge is -2.07. The minimum Gasteiger partial charge on any atom is -0.308 e. The second-order valence-corrected chi connectivity index (χ2v) is 6.65. The predicted octanol–water partition coefficient (Wildman–Crippen LogP) is 4.54. The van der Waals surface area contributed by atoms with Gasteiger partial charge >= 0.3 is 6.03 Å². The molecule has 0 bridgehead atoms. The maximum Gasteiger partial charge on any atom is 0.324 e. The predicted molar refractivity (Wildman–Crippen MR) is 96.0 cm³/mol. The molecule has 0 unspecified atom stereocenters. The van der Waals surface area contributed by atoms with Crippen molar-refractivity contribution < 1.29 is 4.79 Å². The van der Waals surface area contributed by atoms with Gasteiger partial charge in [-0.2, -0.15) is 0 Å². The van der Waals surface area contributed by atoms with Gasteiger partial charge in [-0.1, -0.05) is 22.9 Å². The largest absolute Gasteiger partial charge is 0.324 e. The van der Waals surface area contributed by atoms with Crippen LogP contribution in [-0.4, -0.2) is 20.6 Å². The van der Waals surface area contributed by atoms with Gasteiger partial charge in [0.15, 0.2) is 15.4 Å². The Labute approximate surface area is 146 Å². The highest BCUT2D eigenvalue weighted by molar-refractivity contribution is 7.73. The average molecular weight is 366 g/mol. The molecule has 0 aliphatic heterocycles. The molecular formula is C14H12ClN5OS2. The number of amides is 2. The number of aromatic nitrogens is 3. The molecule has 118 valence electrons. The lowest BCUT2D eigenvalue weighted by Crippen LogP contribution is -2.20. The fourth-order valence-electron chi connectivity index (χ4n) is 2.05. The monoisotopic (exact) mass is 365 g/mol. The highest BCUT2D eigenvalue weighted by Crippen LogP contribution is 2.27. The number of thiazole rings is 1. The Bertz CT molecular complexity index is 919. The van der Waals surface area contributed by atoms with E-state index in [0.717, 1.165) is 10.3 Å². The van der Waals surface area contributed by atoms with Gasteiger partial charge in [-0.05, 0) is 43.4 Å². The van der Waals surface area contributed by atoms with Gasteiger partial charge in [0, 0.05) is 17.3 Å². The van der Waals surface area contributed by atoms with Crippen LogP contribution >= 0.6 is 35.2 Å². The zero-order valence-corrected chi connectivity index (χ0v) is 14.4. The van der Waals surface area contributed by atoms with E-state index in [1.807, 2.05) is 11.5 Å². The molecule has 0 saturated carbocycles. The highest BCUT2D eigenvalue weighted by Gasteiger charge is 2.13. The maximum atomic E-state index is 12.1. The minimum absolute atomic E-state index is 0.394. The van der Waals surface area contributed by atoms with Gasteiger partial charge in [0.2, 0.25) is 0 Å². The highest BCUT2D eigenvalue weighted by atomic mass is 35.5. The molecule has 3 aromatic rings. The SMILES string of the molecule is CCn1c(=S)sc2c(NC(=O)Nc3ccc(Cl)cc3)ncnc21. The number of benzene rings is 1. The van der Waals surface area contributed by atoms with E-state index < -0.39 is 6.03 Å². The number of carbonyl (C=O) groups is 1. The fraction of sp³-hybridized carbons (Fsp3) is 0.143. The number of aryl methyl sites for hydroxylation is 1. The topological polar surface area (TPSA) is 71.8 Å². The summed E-state index contributed by atoms with van der Waals surface area (Å²) in [7, 11) is 0. The first-order valence-corrected chi connectivity index (χ1v) is 8.36. The number of hydrogen-bond donors (Lipinski definition) is 2. The van der Waals surface area contributed by atoms with Crippen LogP contribution in [0.5, 0.6) is 0 Å². The van der Waals surface area contributed by atoms with Crippen LogP contribution in [0.1, 0.15) is 6.92 Å². The van der Waals surface area contributed by atoms with Gasteiger partial charge in [-0.15, -0.1) is 0 Å². The van der Waals surface area contributed by atoms with E-state index in [1.165, 1.54) is 17.7 Å². The normalized spacial score (nSPS) is 10.7. The molecular weight excluding hydrogens is 354 g/mol. The quantitative estimate of drug-likeness (QED) is 0.668. The van der Waals surface area contributed by atoms with Crippen LogP contribution in [0.15, 0.2) is 30.6 Å². The number of anilines is 2. The number of rotatable bonds is 3. The van der Waals surface area contributed by atoms with Crippen molar-refractivity contribution >= 4 is 63.0 Å². The number of nitrogens with zero attached hydrogens (tertiary/aromatic N) is 3.